The van der Waals surface area contributed by atoms with Crippen molar-refractivity contribution in [3.63, 3.8) is 0 Å². The van der Waals surface area contributed by atoms with Crippen LogP contribution < -0.4 is 16.0 Å². The monoisotopic (exact) mass is 345 g/mol. The minimum Gasteiger partial charge on any atom is -0.378 e. The highest BCUT2D eigenvalue weighted by atomic mass is 16.5. The van der Waals surface area contributed by atoms with Gasteiger partial charge in [0.15, 0.2) is 0 Å². The van der Waals surface area contributed by atoms with Gasteiger partial charge < -0.3 is 20.7 Å². The van der Waals surface area contributed by atoms with Gasteiger partial charge in [0.2, 0.25) is 5.91 Å². The van der Waals surface area contributed by atoms with Crippen molar-refractivity contribution in [3.05, 3.63) is 29.8 Å². The zero-order valence-electron chi connectivity index (χ0n) is 15.8. The molecule has 0 bridgehead atoms. The molecule has 1 aliphatic carbocycles. The lowest BCUT2D eigenvalue weighted by atomic mass is 9.54. The molecule has 1 aromatic carbocycles. The number of ether oxygens (including phenoxy) is 1. The Morgan fingerprint density at radius 1 is 1.40 bits per heavy atom. The molecule has 1 heterocycles. The predicted molar refractivity (Wildman–Crippen MR) is 101 cm³/mol. The number of nitrogens with one attached hydrogen (secondary N) is 1. The number of benzene rings is 1. The van der Waals surface area contributed by atoms with Gasteiger partial charge in [0.1, 0.15) is 5.54 Å². The lowest BCUT2D eigenvalue weighted by Gasteiger charge is -2.57. The van der Waals surface area contributed by atoms with Crippen molar-refractivity contribution in [2.75, 3.05) is 24.6 Å². The van der Waals surface area contributed by atoms with E-state index in [1.54, 1.807) is 0 Å². The molecule has 0 aromatic heterocycles. The highest BCUT2D eigenvalue weighted by Crippen LogP contribution is 2.49. The second kappa shape index (κ2) is 6.61. The Labute approximate surface area is 150 Å². The molecule has 3 N–H and O–H groups in total. The molecule has 3 atom stereocenters. The topological polar surface area (TPSA) is 67.6 Å². The van der Waals surface area contributed by atoms with Crippen LogP contribution >= 0.6 is 0 Å². The predicted octanol–water partition coefficient (Wildman–Crippen LogP) is 2.09. The first-order valence-corrected chi connectivity index (χ1v) is 9.34. The molecule has 0 spiro atoms. The van der Waals surface area contributed by atoms with Crippen molar-refractivity contribution in [1.29, 1.82) is 0 Å². The first-order valence-electron chi connectivity index (χ1n) is 9.34. The van der Waals surface area contributed by atoms with Crippen molar-refractivity contribution in [2.24, 2.45) is 11.1 Å². The summed E-state index contributed by atoms with van der Waals surface area (Å²) in [6, 6.07) is 8.96. The molecule has 5 nitrogen and oxygen atoms in total. The molecule has 1 fully saturated rings. The molecule has 0 saturated heterocycles. The zero-order chi connectivity index (χ0) is 18.2. The van der Waals surface area contributed by atoms with Crippen LogP contribution in [0.2, 0.25) is 0 Å². The van der Waals surface area contributed by atoms with Gasteiger partial charge in [-0.15, -0.1) is 0 Å². The lowest BCUT2D eigenvalue weighted by Crippen LogP contribution is -2.76. The smallest absolute Gasteiger partial charge is 0.240 e. The second-order valence-electron chi connectivity index (χ2n) is 7.97. The van der Waals surface area contributed by atoms with Crippen molar-refractivity contribution in [3.8, 4) is 0 Å². The van der Waals surface area contributed by atoms with E-state index in [9.17, 15) is 4.79 Å². The Bertz CT molecular complexity index is 646. The summed E-state index contributed by atoms with van der Waals surface area (Å²) in [5, 5.41) is 3.06. The molecule has 1 aromatic rings. The molecule has 0 radical (unpaired) electrons. The summed E-state index contributed by atoms with van der Waals surface area (Å²) in [6.45, 7) is 10.3. The number of fused-ring (bicyclic) bond motifs is 1. The molecule has 5 heteroatoms. The number of amides is 1. The van der Waals surface area contributed by atoms with Gasteiger partial charge in [-0.3, -0.25) is 4.79 Å². The van der Waals surface area contributed by atoms with Gasteiger partial charge in [-0.1, -0.05) is 32.0 Å². The molecule has 2 aliphatic rings. The summed E-state index contributed by atoms with van der Waals surface area (Å²) in [5.41, 5.74) is 7.91. The zero-order valence-corrected chi connectivity index (χ0v) is 15.8. The summed E-state index contributed by atoms with van der Waals surface area (Å²) in [4.78, 5) is 15.1. The number of carbonyl (C=O) groups excluding carboxylic acids is 1. The fourth-order valence-electron chi connectivity index (χ4n) is 4.24. The minimum atomic E-state index is -0.846. The average molecular weight is 345 g/mol. The van der Waals surface area contributed by atoms with Gasteiger partial charge >= 0.3 is 0 Å². The van der Waals surface area contributed by atoms with Crippen LogP contribution in [0.4, 0.5) is 5.69 Å². The normalized spacial score (nSPS) is 29.9. The van der Waals surface area contributed by atoms with Crippen LogP contribution in [0.1, 0.15) is 39.7 Å². The number of carbonyl (C=O) groups is 1. The summed E-state index contributed by atoms with van der Waals surface area (Å²) in [7, 11) is 0. The summed E-state index contributed by atoms with van der Waals surface area (Å²) in [5.74, 6) is -0.0615. The summed E-state index contributed by atoms with van der Waals surface area (Å²) in [6.07, 6.45) is 1.70. The molecule has 1 aliphatic heterocycles. The Morgan fingerprint density at radius 3 is 2.80 bits per heavy atom. The number of hydrogen-bond donors (Lipinski definition) is 2. The van der Waals surface area contributed by atoms with Crippen LogP contribution in [0, 0.1) is 5.41 Å². The molecule has 25 heavy (non-hydrogen) atoms. The van der Waals surface area contributed by atoms with Gasteiger partial charge in [-0.2, -0.15) is 0 Å². The van der Waals surface area contributed by atoms with E-state index in [0.717, 1.165) is 13.0 Å². The van der Waals surface area contributed by atoms with Crippen molar-refractivity contribution in [2.45, 2.75) is 58.2 Å². The molecular weight excluding hydrogens is 314 g/mol. The third-order valence-corrected chi connectivity index (χ3v) is 6.22. The third-order valence-electron chi connectivity index (χ3n) is 6.22. The van der Waals surface area contributed by atoms with E-state index in [1.807, 2.05) is 20.8 Å². The van der Waals surface area contributed by atoms with Crippen molar-refractivity contribution in [1.82, 2.24) is 5.32 Å². The molecule has 3 rings (SSSR count). The lowest BCUT2D eigenvalue weighted by molar-refractivity contribution is -0.170. The maximum Gasteiger partial charge on any atom is 0.240 e. The van der Waals surface area contributed by atoms with E-state index in [4.69, 9.17) is 10.5 Å². The van der Waals surface area contributed by atoms with Crippen LogP contribution in [0.5, 0.6) is 0 Å². The van der Waals surface area contributed by atoms with Crippen LogP contribution in [0.15, 0.2) is 24.3 Å². The standard InChI is InChI=1S/C20H31N3O2/c1-5-25-17-13-20(21,19(17,3)4)18(24)22-10-11-23-14(2)12-15-8-6-7-9-16(15)23/h6-9,14,17H,5,10-13,21H2,1-4H3,(H,22,24). The van der Waals surface area contributed by atoms with E-state index in [0.29, 0.717) is 25.6 Å². The average Bonchev–Trinajstić information content (AvgIpc) is 2.90. The van der Waals surface area contributed by atoms with E-state index >= 15 is 0 Å². The number of nitrogens with two attached hydrogens (primary N) is 1. The maximum atomic E-state index is 12.7. The van der Waals surface area contributed by atoms with Gasteiger partial charge in [-0.05, 0) is 31.9 Å². The summed E-state index contributed by atoms with van der Waals surface area (Å²) < 4.78 is 5.71. The van der Waals surface area contributed by atoms with E-state index in [1.165, 1.54) is 11.3 Å². The van der Waals surface area contributed by atoms with Crippen LogP contribution in [-0.2, 0) is 16.0 Å². The van der Waals surface area contributed by atoms with Crippen LogP contribution in [0.25, 0.3) is 0 Å². The van der Waals surface area contributed by atoms with E-state index < -0.39 is 5.54 Å². The quantitative estimate of drug-likeness (QED) is 0.828. The Hall–Kier alpha value is -1.59. The molecular formula is C20H31N3O2. The number of nitrogens with zero attached hydrogens (tertiary/aromatic N) is 1. The Kier molecular flexibility index (Phi) is 4.82. The van der Waals surface area contributed by atoms with Crippen molar-refractivity contribution < 1.29 is 9.53 Å². The Balaban J connectivity index is 1.55. The van der Waals surface area contributed by atoms with Gasteiger partial charge in [0.25, 0.3) is 0 Å². The van der Waals surface area contributed by atoms with E-state index in [2.05, 4.69) is 41.4 Å². The highest BCUT2D eigenvalue weighted by molar-refractivity contribution is 5.88. The van der Waals surface area contributed by atoms with E-state index in [-0.39, 0.29) is 17.4 Å². The fourth-order valence-corrected chi connectivity index (χ4v) is 4.24. The number of anilines is 1. The first kappa shape index (κ1) is 18.2. The fraction of sp³-hybridized carbons (Fsp3) is 0.650. The molecule has 138 valence electrons. The molecule has 1 saturated carbocycles. The van der Waals surface area contributed by atoms with Gasteiger partial charge in [0, 0.05) is 43.3 Å². The molecule has 1 amide bonds. The maximum absolute atomic E-state index is 12.7. The summed E-state index contributed by atoms with van der Waals surface area (Å²) >= 11 is 0. The number of rotatable bonds is 6. The first-order chi connectivity index (χ1) is 11.8. The second-order valence-corrected chi connectivity index (χ2v) is 7.97. The number of hydrogen-bond acceptors (Lipinski definition) is 4. The number of para-hydroxylation sites is 1. The largest absolute Gasteiger partial charge is 0.378 e. The SMILES string of the molecule is CCOC1CC(N)(C(=O)NCCN2c3ccccc3CC2C)C1(C)C. The van der Waals surface area contributed by atoms with Gasteiger partial charge in [-0.25, -0.2) is 0 Å². The van der Waals surface area contributed by atoms with Crippen molar-refractivity contribution >= 4 is 11.6 Å². The third kappa shape index (κ3) is 2.93. The van der Waals surface area contributed by atoms with Gasteiger partial charge in [0.05, 0.1) is 6.10 Å². The van der Waals surface area contributed by atoms with Crippen LogP contribution in [0.3, 0.4) is 0 Å². The highest BCUT2D eigenvalue weighted by Gasteiger charge is 2.62. The van der Waals surface area contributed by atoms with Crippen LogP contribution in [-0.4, -0.2) is 43.3 Å². The minimum absolute atomic E-state index is 0.0544. The molecule has 3 unspecified atom stereocenters. The Morgan fingerprint density at radius 2 is 2.12 bits per heavy atom.